The molecule has 0 saturated carbocycles. The lowest BCUT2D eigenvalue weighted by Crippen LogP contribution is -2.40. The average Bonchev–Trinajstić information content (AvgIpc) is 2.05. The lowest BCUT2D eigenvalue weighted by Gasteiger charge is -2.33. The van der Waals surface area contributed by atoms with Crippen LogP contribution >= 0.6 is 12.8 Å². The summed E-state index contributed by atoms with van der Waals surface area (Å²) < 4.78 is 2.05. The highest BCUT2D eigenvalue weighted by molar-refractivity contribution is 7.77. The van der Waals surface area contributed by atoms with Gasteiger partial charge in [0.05, 0.1) is 0 Å². The lowest BCUT2D eigenvalue weighted by atomic mass is 10.1. The van der Waals surface area contributed by atoms with Crippen LogP contribution in [-0.2, 0) is 0 Å². The molecule has 0 spiro atoms. The zero-order valence-corrected chi connectivity index (χ0v) is 8.35. The van der Waals surface area contributed by atoms with Gasteiger partial charge in [-0.1, -0.05) is 19.7 Å². The van der Waals surface area contributed by atoms with Gasteiger partial charge in [-0.2, -0.15) is 0 Å². The molecule has 0 aromatic carbocycles. The molecule has 1 aliphatic heterocycles. The molecule has 11 heavy (non-hydrogen) atoms. The lowest BCUT2D eigenvalue weighted by molar-refractivity contribution is 0.183. The predicted octanol–water partition coefficient (Wildman–Crippen LogP) is 1.25. The second kappa shape index (κ2) is 4.33. The Morgan fingerprint density at radius 1 is 1.45 bits per heavy atom. The first-order valence-electron chi connectivity index (χ1n) is 4.38. The highest BCUT2D eigenvalue weighted by Gasteiger charge is 2.19. The van der Waals surface area contributed by atoms with E-state index in [9.17, 15) is 0 Å². The van der Waals surface area contributed by atoms with E-state index in [2.05, 4.69) is 31.7 Å². The third kappa shape index (κ3) is 2.65. The van der Waals surface area contributed by atoms with Crippen molar-refractivity contribution in [3.63, 3.8) is 0 Å². The van der Waals surface area contributed by atoms with E-state index in [4.69, 9.17) is 0 Å². The zero-order chi connectivity index (χ0) is 8.27. The third-order valence-electron chi connectivity index (χ3n) is 2.53. The second-order valence-electron chi connectivity index (χ2n) is 3.24. The summed E-state index contributed by atoms with van der Waals surface area (Å²) in [5.41, 5.74) is 0. The highest BCUT2D eigenvalue weighted by Crippen LogP contribution is 2.15. The van der Waals surface area contributed by atoms with E-state index in [1.54, 1.807) is 0 Å². The number of rotatable bonds is 2. The molecule has 0 amide bonds. The van der Waals surface area contributed by atoms with Crippen molar-refractivity contribution in [3.8, 4) is 0 Å². The standard InChI is InChI=1S/C8H18N2S/c1-3-10-6-4-8(5-7-10)9(2)11/h8,11H,3-7H2,1-2H3. The smallest absolute Gasteiger partial charge is 0.0221 e. The maximum Gasteiger partial charge on any atom is 0.0221 e. The van der Waals surface area contributed by atoms with E-state index in [1.807, 2.05) is 4.31 Å². The van der Waals surface area contributed by atoms with E-state index in [1.165, 1.54) is 32.5 Å². The van der Waals surface area contributed by atoms with Crippen LogP contribution in [0.4, 0.5) is 0 Å². The van der Waals surface area contributed by atoms with E-state index in [0.717, 1.165) is 0 Å². The maximum atomic E-state index is 4.31. The molecule has 1 aliphatic rings. The van der Waals surface area contributed by atoms with Gasteiger partial charge in [0, 0.05) is 6.04 Å². The molecule has 2 nitrogen and oxygen atoms in total. The maximum absolute atomic E-state index is 4.31. The summed E-state index contributed by atoms with van der Waals surface area (Å²) in [5, 5.41) is 0. The molecule has 0 aromatic rings. The fourth-order valence-corrected chi connectivity index (χ4v) is 1.84. The first-order valence-corrected chi connectivity index (χ1v) is 4.78. The molecule has 0 unspecified atom stereocenters. The minimum atomic E-state index is 0.695. The monoisotopic (exact) mass is 174 g/mol. The van der Waals surface area contributed by atoms with Crippen molar-refractivity contribution in [3.05, 3.63) is 0 Å². The van der Waals surface area contributed by atoms with Crippen LogP contribution in [0.15, 0.2) is 0 Å². The minimum absolute atomic E-state index is 0.695. The number of nitrogens with zero attached hydrogens (tertiary/aromatic N) is 2. The highest BCUT2D eigenvalue weighted by atomic mass is 32.1. The molecule has 1 fully saturated rings. The molecule has 0 aliphatic carbocycles. The zero-order valence-electron chi connectivity index (χ0n) is 7.45. The third-order valence-corrected chi connectivity index (χ3v) is 2.86. The van der Waals surface area contributed by atoms with Crippen molar-refractivity contribution in [1.29, 1.82) is 0 Å². The Morgan fingerprint density at radius 2 is 2.00 bits per heavy atom. The van der Waals surface area contributed by atoms with Crippen LogP contribution in [0.5, 0.6) is 0 Å². The molecule has 1 rings (SSSR count). The van der Waals surface area contributed by atoms with E-state index in [-0.39, 0.29) is 0 Å². The summed E-state index contributed by atoms with van der Waals surface area (Å²) in [6.45, 7) is 5.91. The van der Waals surface area contributed by atoms with Gasteiger partial charge in [-0.05, 0) is 39.5 Å². The van der Waals surface area contributed by atoms with Crippen molar-refractivity contribution in [2.24, 2.45) is 0 Å². The van der Waals surface area contributed by atoms with Gasteiger partial charge in [0.25, 0.3) is 0 Å². The Bertz CT molecular complexity index is 109. The van der Waals surface area contributed by atoms with Gasteiger partial charge in [0.1, 0.15) is 0 Å². The summed E-state index contributed by atoms with van der Waals surface area (Å²) in [5.74, 6) is 0. The largest absolute Gasteiger partial charge is 0.303 e. The van der Waals surface area contributed by atoms with Crippen molar-refractivity contribution in [2.45, 2.75) is 25.8 Å². The van der Waals surface area contributed by atoms with E-state index in [0.29, 0.717) is 6.04 Å². The first-order chi connectivity index (χ1) is 5.24. The van der Waals surface area contributed by atoms with Crippen LogP contribution in [0.1, 0.15) is 19.8 Å². The van der Waals surface area contributed by atoms with Gasteiger partial charge in [0.15, 0.2) is 0 Å². The fraction of sp³-hybridized carbons (Fsp3) is 1.00. The molecule has 0 atom stereocenters. The van der Waals surface area contributed by atoms with Crippen LogP contribution in [0.25, 0.3) is 0 Å². The molecule has 3 heteroatoms. The topological polar surface area (TPSA) is 6.48 Å². The Morgan fingerprint density at radius 3 is 2.36 bits per heavy atom. The number of hydrogen-bond acceptors (Lipinski definition) is 3. The average molecular weight is 174 g/mol. The molecule has 0 radical (unpaired) electrons. The number of likely N-dealkylation sites (tertiary alicyclic amines) is 1. The van der Waals surface area contributed by atoms with Gasteiger partial charge < -0.3 is 4.90 Å². The predicted molar refractivity (Wildman–Crippen MR) is 51.9 cm³/mol. The van der Waals surface area contributed by atoms with Crippen LogP contribution < -0.4 is 0 Å². The number of thiol groups is 1. The molecule has 0 bridgehead atoms. The van der Waals surface area contributed by atoms with E-state index >= 15 is 0 Å². The van der Waals surface area contributed by atoms with Gasteiger partial charge in [-0.25, -0.2) is 0 Å². The minimum Gasteiger partial charge on any atom is -0.303 e. The molecule has 1 heterocycles. The fourth-order valence-electron chi connectivity index (χ4n) is 1.61. The van der Waals surface area contributed by atoms with Crippen molar-refractivity contribution in [2.75, 3.05) is 26.7 Å². The van der Waals surface area contributed by atoms with Gasteiger partial charge in [0.2, 0.25) is 0 Å². The summed E-state index contributed by atoms with van der Waals surface area (Å²) in [6, 6.07) is 0.695. The summed E-state index contributed by atoms with van der Waals surface area (Å²) in [6.07, 6.45) is 2.54. The Hall–Kier alpha value is 0.270. The van der Waals surface area contributed by atoms with E-state index < -0.39 is 0 Å². The first kappa shape index (κ1) is 9.36. The summed E-state index contributed by atoms with van der Waals surface area (Å²) >= 11 is 4.31. The number of piperidine rings is 1. The van der Waals surface area contributed by atoms with Crippen molar-refractivity contribution < 1.29 is 0 Å². The second-order valence-corrected chi connectivity index (χ2v) is 3.87. The van der Waals surface area contributed by atoms with Crippen molar-refractivity contribution >= 4 is 12.8 Å². The Labute approximate surface area is 75.1 Å². The van der Waals surface area contributed by atoms with Crippen LogP contribution in [-0.4, -0.2) is 41.9 Å². The van der Waals surface area contributed by atoms with Crippen molar-refractivity contribution in [1.82, 2.24) is 9.21 Å². The van der Waals surface area contributed by atoms with Gasteiger partial charge in [-0.15, -0.1) is 0 Å². The Kier molecular flexibility index (Phi) is 3.69. The van der Waals surface area contributed by atoms with Crippen LogP contribution in [0, 0.1) is 0 Å². The van der Waals surface area contributed by atoms with Gasteiger partial charge in [-0.3, -0.25) is 4.31 Å². The van der Waals surface area contributed by atoms with Gasteiger partial charge >= 0.3 is 0 Å². The molecule has 66 valence electrons. The molecular formula is C8H18N2S. The molecular weight excluding hydrogens is 156 g/mol. The van der Waals surface area contributed by atoms with Crippen LogP contribution in [0.2, 0.25) is 0 Å². The quantitative estimate of drug-likeness (QED) is 0.629. The SMILES string of the molecule is CCN1CCC(N(C)S)CC1. The normalized spacial score (nSPS) is 22.9. The molecule has 0 N–H and O–H groups in total. The summed E-state index contributed by atoms with van der Waals surface area (Å²) in [4.78, 5) is 2.49. The molecule has 1 saturated heterocycles. The summed E-state index contributed by atoms with van der Waals surface area (Å²) in [7, 11) is 2.05. The Balaban J connectivity index is 2.24. The number of hydrogen-bond donors (Lipinski definition) is 1. The molecule has 0 aromatic heterocycles. The van der Waals surface area contributed by atoms with Crippen LogP contribution in [0.3, 0.4) is 0 Å².